The Morgan fingerprint density at radius 1 is 0.971 bits per heavy atom. The molecule has 3 atom stereocenters. The second kappa shape index (κ2) is 9.56. The van der Waals surface area contributed by atoms with E-state index in [1.165, 1.54) is 18.4 Å². The Labute approximate surface area is 200 Å². The van der Waals surface area contributed by atoms with Crippen molar-refractivity contribution in [1.29, 1.82) is 0 Å². The molecule has 0 spiro atoms. The highest BCUT2D eigenvalue weighted by Gasteiger charge is 2.34. The van der Waals surface area contributed by atoms with E-state index in [-0.39, 0.29) is 6.10 Å². The van der Waals surface area contributed by atoms with Crippen molar-refractivity contribution in [3.05, 3.63) is 54.1 Å². The zero-order valence-corrected chi connectivity index (χ0v) is 19.7. The number of nitrogens with zero attached hydrogens (tertiary/aromatic N) is 4. The summed E-state index contributed by atoms with van der Waals surface area (Å²) in [6.07, 6.45) is 3.09. The summed E-state index contributed by atoms with van der Waals surface area (Å²) in [7, 11) is 0. The van der Waals surface area contributed by atoms with Crippen molar-refractivity contribution < 1.29 is 14.4 Å². The van der Waals surface area contributed by atoms with Gasteiger partial charge in [-0.25, -0.2) is 0 Å². The first kappa shape index (κ1) is 21.9. The van der Waals surface area contributed by atoms with Gasteiger partial charge in [-0.2, -0.15) is 0 Å². The van der Waals surface area contributed by atoms with E-state index in [0.717, 1.165) is 81.4 Å². The molecule has 3 fully saturated rings. The van der Waals surface area contributed by atoms with Crippen molar-refractivity contribution in [1.82, 2.24) is 15.0 Å². The minimum atomic E-state index is -0.174. The van der Waals surface area contributed by atoms with Crippen LogP contribution in [0.5, 0.6) is 5.75 Å². The van der Waals surface area contributed by atoms with Crippen molar-refractivity contribution in [2.75, 3.05) is 50.8 Å². The number of rotatable bonds is 6. The molecule has 0 bridgehead atoms. The van der Waals surface area contributed by atoms with Crippen LogP contribution in [0.2, 0.25) is 0 Å². The van der Waals surface area contributed by atoms with Crippen LogP contribution in [-0.2, 0) is 6.54 Å². The summed E-state index contributed by atoms with van der Waals surface area (Å²) < 4.78 is 11.8. The SMILES string of the molecule is OC1CCN(Cc2cccc(OCC3CCC4CN(c5noc6ccccc56)CCN4C3)c2)C1. The number of para-hydroxylation sites is 1. The van der Waals surface area contributed by atoms with Gasteiger partial charge in [0.05, 0.1) is 18.1 Å². The standard InChI is InChI=1S/C27H34N4O3/c32-23-10-11-29(18-23)15-20-4-3-5-24(14-20)33-19-21-8-9-22-17-31(13-12-30(22)16-21)27-25-6-1-2-7-26(25)34-28-27/h1-7,14,21-23,32H,8-13,15-19H2. The van der Waals surface area contributed by atoms with Crippen LogP contribution < -0.4 is 9.64 Å². The van der Waals surface area contributed by atoms with Gasteiger partial charge in [-0.15, -0.1) is 0 Å². The lowest BCUT2D eigenvalue weighted by molar-refractivity contribution is 0.0726. The number of benzene rings is 2. The first-order valence-electron chi connectivity index (χ1n) is 12.7. The Balaban J connectivity index is 1.01. The fourth-order valence-corrected chi connectivity index (χ4v) is 5.85. The number of aliphatic hydroxyl groups excluding tert-OH is 1. The maximum absolute atomic E-state index is 9.77. The zero-order chi connectivity index (χ0) is 22.9. The highest BCUT2D eigenvalue weighted by atomic mass is 16.5. The van der Waals surface area contributed by atoms with Gasteiger partial charge in [0.25, 0.3) is 0 Å². The van der Waals surface area contributed by atoms with Gasteiger partial charge < -0.3 is 19.3 Å². The number of aromatic nitrogens is 1. The first-order valence-corrected chi connectivity index (χ1v) is 12.7. The van der Waals surface area contributed by atoms with Gasteiger partial charge >= 0.3 is 0 Å². The summed E-state index contributed by atoms with van der Waals surface area (Å²) >= 11 is 0. The van der Waals surface area contributed by atoms with Crippen molar-refractivity contribution in [2.45, 2.75) is 38.0 Å². The molecule has 0 saturated carbocycles. The van der Waals surface area contributed by atoms with Gasteiger partial charge in [0, 0.05) is 57.8 Å². The Morgan fingerprint density at radius 2 is 1.91 bits per heavy atom. The van der Waals surface area contributed by atoms with E-state index in [2.05, 4.69) is 56.3 Å². The molecule has 0 radical (unpaired) electrons. The number of aliphatic hydroxyl groups is 1. The van der Waals surface area contributed by atoms with Gasteiger partial charge in [0.1, 0.15) is 5.75 Å². The fourth-order valence-electron chi connectivity index (χ4n) is 5.85. The molecule has 3 aliphatic heterocycles. The van der Waals surface area contributed by atoms with Gasteiger partial charge in [0.15, 0.2) is 11.4 Å². The molecule has 7 nitrogen and oxygen atoms in total. The molecule has 3 aliphatic rings. The molecule has 2 aromatic carbocycles. The van der Waals surface area contributed by atoms with Crippen molar-refractivity contribution in [2.24, 2.45) is 5.92 Å². The second-order valence-corrected chi connectivity index (χ2v) is 10.2. The number of anilines is 1. The molecule has 4 heterocycles. The number of ether oxygens (including phenoxy) is 1. The maximum Gasteiger partial charge on any atom is 0.180 e. The third kappa shape index (κ3) is 4.65. The molecule has 1 N–H and O–H groups in total. The molecule has 3 unspecified atom stereocenters. The minimum Gasteiger partial charge on any atom is -0.493 e. The highest BCUT2D eigenvalue weighted by molar-refractivity contribution is 5.88. The third-order valence-corrected chi connectivity index (χ3v) is 7.70. The lowest BCUT2D eigenvalue weighted by Crippen LogP contribution is -2.57. The highest BCUT2D eigenvalue weighted by Crippen LogP contribution is 2.31. The molecule has 7 heteroatoms. The molecule has 6 rings (SSSR count). The lowest BCUT2D eigenvalue weighted by atomic mass is 9.91. The number of hydrogen-bond acceptors (Lipinski definition) is 7. The van der Waals surface area contributed by atoms with Gasteiger partial charge in [-0.1, -0.05) is 29.4 Å². The number of fused-ring (bicyclic) bond motifs is 2. The summed E-state index contributed by atoms with van der Waals surface area (Å²) in [6, 6.07) is 17.2. The monoisotopic (exact) mass is 462 g/mol. The molecule has 3 aromatic rings. The summed E-state index contributed by atoms with van der Waals surface area (Å²) in [5.74, 6) is 2.51. The van der Waals surface area contributed by atoms with Gasteiger partial charge in [-0.3, -0.25) is 9.80 Å². The Kier molecular flexibility index (Phi) is 6.16. The van der Waals surface area contributed by atoms with E-state index >= 15 is 0 Å². The van der Waals surface area contributed by atoms with Crippen molar-refractivity contribution >= 4 is 16.8 Å². The number of hydrogen-bond donors (Lipinski definition) is 1. The maximum atomic E-state index is 9.77. The third-order valence-electron chi connectivity index (χ3n) is 7.70. The number of piperazine rings is 1. The second-order valence-electron chi connectivity index (χ2n) is 10.2. The first-order chi connectivity index (χ1) is 16.7. The van der Waals surface area contributed by atoms with Crippen LogP contribution in [0.4, 0.5) is 5.82 Å². The Morgan fingerprint density at radius 3 is 2.82 bits per heavy atom. The molecule has 180 valence electrons. The van der Waals surface area contributed by atoms with Crippen LogP contribution in [0.25, 0.3) is 11.0 Å². The Hall–Kier alpha value is -2.61. The molecule has 34 heavy (non-hydrogen) atoms. The van der Waals surface area contributed by atoms with E-state index in [4.69, 9.17) is 9.26 Å². The fraction of sp³-hybridized carbons (Fsp3) is 0.519. The summed E-state index contributed by atoms with van der Waals surface area (Å²) in [6.45, 7) is 7.54. The summed E-state index contributed by atoms with van der Waals surface area (Å²) in [4.78, 5) is 7.35. The van der Waals surface area contributed by atoms with Crippen LogP contribution in [-0.4, -0.2) is 78.1 Å². The van der Waals surface area contributed by atoms with Crippen LogP contribution in [0, 0.1) is 5.92 Å². The van der Waals surface area contributed by atoms with Crippen molar-refractivity contribution in [3.8, 4) is 5.75 Å². The smallest absolute Gasteiger partial charge is 0.180 e. The molecule has 0 aliphatic carbocycles. The van der Waals surface area contributed by atoms with Gasteiger partial charge in [-0.05, 0) is 49.1 Å². The number of likely N-dealkylation sites (tertiary alicyclic amines) is 1. The Bertz CT molecular complexity index is 1120. The topological polar surface area (TPSA) is 65.2 Å². The predicted octanol–water partition coefficient (Wildman–Crippen LogP) is 3.37. The lowest BCUT2D eigenvalue weighted by Gasteiger charge is -2.46. The zero-order valence-electron chi connectivity index (χ0n) is 19.7. The summed E-state index contributed by atoms with van der Waals surface area (Å²) in [5.41, 5.74) is 2.12. The molecule has 1 aromatic heterocycles. The predicted molar refractivity (Wildman–Crippen MR) is 132 cm³/mol. The molecular weight excluding hydrogens is 428 g/mol. The van der Waals surface area contributed by atoms with Crippen molar-refractivity contribution in [3.63, 3.8) is 0 Å². The average Bonchev–Trinajstić information content (AvgIpc) is 3.48. The van der Waals surface area contributed by atoms with E-state index in [1.54, 1.807) is 0 Å². The molecule has 0 amide bonds. The van der Waals surface area contributed by atoms with Crippen LogP contribution in [0.15, 0.2) is 53.1 Å². The van der Waals surface area contributed by atoms with Gasteiger partial charge in [0.2, 0.25) is 0 Å². The average molecular weight is 463 g/mol. The largest absolute Gasteiger partial charge is 0.493 e. The minimum absolute atomic E-state index is 0.174. The molecular formula is C27H34N4O3. The van der Waals surface area contributed by atoms with E-state index < -0.39 is 0 Å². The number of piperidine rings is 1. The molecule has 3 saturated heterocycles. The van der Waals surface area contributed by atoms with E-state index in [9.17, 15) is 5.11 Å². The quantitative estimate of drug-likeness (QED) is 0.603. The summed E-state index contributed by atoms with van der Waals surface area (Å²) in [5, 5.41) is 15.3. The van der Waals surface area contributed by atoms with E-state index in [1.807, 2.05) is 12.1 Å². The number of β-amino-alcohol motifs (C(OH)–C–C–N with tert-alkyl or cyclic N) is 1. The van der Waals surface area contributed by atoms with Crippen LogP contribution in [0.3, 0.4) is 0 Å². The van der Waals surface area contributed by atoms with E-state index in [0.29, 0.717) is 12.0 Å². The van der Waals surface area contributed by atoms with Crippen LogP contribution in [0.1, 0.15) is 24.8 Å². The normalized spacial score (nSPS) is 26.1. The van der Waals surface area contributed by atoms with Crippen LogP contribution >= 0.6 is 0 Å².